The van der Waals surface area contributed by atoms with Crippen LogP contribution < -0.4 is 0 Å². The summed E-state index contributed by atoms with van der Waals surface area (Å²) in [5.41, 5.74) is -0.475. The second-order valence-electron chi connectivity index (χ2n) is 4.53. The van der Waals surface area contributed by atoms with Crippen LogP contribution >= 0.6 is 0 Å². The highest BCUT2D eigenvalue weighted by molar-refractivity contribution is 6.46. The first-order chi connectivity index (χ1) is 6.39. The van der Waals surface area contributed by atoms with Crippen LogP contribution in [0.1, 0.15) is 27.7 Å². The molecule has 0 aromatic rings. The van der Waals surface area contributed by atoms with E-state index in [1.54, 1.807) is 13.4 Å². The minimum atomic E-state index is -0.238. The summed E-state index contributed by atoms with van der Waals surface area (Å²) in [6, 6.07) is 0. The highest BCUT2D eigenvalue weighted by Crippen LogP contribution is 2.37. The van der Waals surface area contributed by atoms with Gasteiger partial charge in [0, 0.05) is 6.32 Å². The molecule has 0 spiro atoms. The van der Waals surface area contributed by atoms with Crippen molar-refractivity contribution in [2.45, 2.75) is 45.2 Å². The predicted octanol–water partition coefficient (Wildman–Crippen LogP) is 2.24. The molecule has 1 heterocycles. The molecule has 14 heavy (non-hydrogen) atoms. The van der Waals surface area contributed by atoms with Crippen LogP contribution in [0.4, 0.5) is 0 Å². The fourth-order valence-corrected chi connectivity index (χ4v) is 1.32. The summed E-state index contributed by atoms with van der Waals surface area (Å²) in [5.74, 6) is 0. The summed E-state index contributed by atoms with van der Waals surface area (Å²) in [4.78, 5) is 0. The summed E-state index contributed by atoms with van der Waals surface area (Å²) in [6.45, 7) is 8.19. The van der Waals surface area contributed by atoms with Gasteiger partial charge in [0.2, 0.25) is 0 Å². The SMILES string of the molecule is CO/C=C/CB1OC(C)(C)C(C)(C)O1. The highest BCUT2D eigenvalue weighted by Gasteiger charge is 2.50. The van der Waals surface area contributed by atoms with Crippen molar-refractivity contribution in [1.29, 1.82) is 0 Å². The van der Waals surface area contributed by atoms with Crippen molar-refractivity contribution in [2.75, 3.05) is 7.11 Å². The van der Waals surface area contributed by atoms with Crippen LogP contribution in [0, 0.1) is 0 Å². The minimum Gasteiger partial charge on any atom is -0.505 e. The van der Waals surface area contributed by atoms with Crippen LogP contribution in [0.3, 0.4) is 0 Å². The molecule has 4 heteroatoms. The van der Waals surface area contributed by atoms with E-state index in [4.69, 9.17) is 14.0 Å². The van der Waals surface area contributed by atoms with Gasteiger partial charge >= 0.3 is 7.12 Å². The minimum absolute atomic E-state index is 0.161. The first-order valence-electron chi connectivity index (χ1n) is 4.92. The fraction of sp³-hybridized carbons (Fsp3) is 0.800. The molecule has 1 saturated heterocycles. The summed E-state index contributed by atoms with van der Waals surface area (Å²) in [5, 5.41) is 0. The van der Waals surface area contributed by atoms with Gasteiger partial charge in [0.15, 0.2) is 0 Å². The van der Waals surface area contributed by atoms with Crippen molar-refractivity contribution in [3.05, 3.63) is 12.3 Å². The van der Waals surface area contributed by atoms with E-state index >= 15 is 0 Å². The lowest BCUT2D eigenvalue weighted by Gasteiger charge is -2.32. The number of rotatable bonds is 3. The standard InChI is InChI=1S/C10H19BO3/c1-9(2)10(3,4)14-11(13-9)7-6-8-12-5/h6,8H,7H2,1-5H3/b8-6+. The van der Waals surface area contributed by atoms with Gasteiger partial charge in [-0.2, -0.15) is 0 Å². The largest absolute Gasteiger partial charge is 0.505 e. The first kappa shape index (κ1) is 11.6. The third kappa shape index (κ3) is 2.31. The van der Waals surface area contributed by atoms with Crippen molar-refractivity contribution in [1.82, 2.24) is 0 Å². The molecule has 0 unspecified atom stereocenters. The molecule has 0 radical (unpaired) electrons. The third-order valence-corrected chi connectivity index (χ3v) is 2.86. The quantitative estimate of drug-likeness (QED) is 0.514. The molecule has 3 nitrogen and oxygen atoms in total. The molecular formula is C10H19BO3. The highest BCUT2D eigenvalue weighted by atomic mass is 16.7. The fourth-order valence-electron chi connectivity index (χ4n) is 1.32. The summed E-state index contributed by atoms with van der Waals surface area (Å²) in [7, 11) is 1.46. The van der Waals surface area contributed by atoms with Gasteiger partial charge in [-0.1, -0.05) is 6.08 Å². The molecule has 1 fully saturated rings. The average molecular weight is 198 g/mol. The molecule has 0 bridgehead atoms. The van der Waals surface area contributed by atoms with Crippen molar-refractivity contribution >= 4 is 7.12 Å². The van der Waals surface area contributed by atoms with Gasteiger partial charge in [-0.3, -0.25) is 0 Å². The topological polar surface area (TPSA) is 27.7 Å². The second-order valence-corrected chi connectivity index (χ2v) is 4.53. The zero-order valence-corrected chi connectivity index (χ0v) is 9.66. The Morgan fingerprint density at radius 2 is 1.64 bits per heavy atom. The zero-order chi connectivity index (χ0) is 10.8. The van der Waals surface area contributed by atoms with E-state index in [0.29, 0.717) is 0 Å². The molecule has 0 aromatic heterocycles. The van der Waals surface area contributed by atoms with Crippen LogP contribution in [0.25, 0.3) is 0 Å². The molecular weight excluding hydrogens is 179 g/mol. The van der Waals surface area contributed by atoms with Crippen molar-refractivity contribution in [3.63, 3.8) is 0 Å². The van der Waals surface area contributed by atoms with Crippen LogP contribution in [-0.4, -0.2) is 25.4 Å². The molecule has 1 aliphatic heterocycles. The zero-order valence-electron chi connectivity index (χ0n) is 9.66. The normalized spacial score (nSPS) is 24.5. The molecule has 0 atom stereocenters. The number of methoxy groups -OCH3 is 1. The maximum atomic E-state index is 5.78. The number of hydrogen-bond acceptors (Lipinski definition) is 3. The summed E-state index contributed by atoms with van der Waals surface area (Å²) >= 11 is 0. The molecule has 1 rings (SSSR count). The van der Waals surface area contributed by atoms with Crippen LogP contribution in [0.2, 0.25) is 6.32 Å². The molecule has 0 N–H and O–H groups in total. The van der Waals surface area contributed by atoms with Gasteiger partial charge in [-0.15, -0.1) is 0 Å². The molecule has 1 aliphatic rings. The Morgan fingerprint density at radius 1 is 1.14 bits per heavy atom. The molecule has 0 saturated carbocycles. The van der Waals surface area contributed by atoms with Gasteiger partial charge in [0.25, 0.3) is 0 Å². The number of allylic oxidation sites excluding steroid dienone is 1. The Labute approximate surface area is 86.6 Å². The van der Waals surface area contributed by atoms with Crippen molar-refractivity contribution < 1.29 is 14.0 Å². The lowest BCUT2D eigenvalue weighted by molar-refractivity contribution is 0.00578. The predicted molar refractivity (Wildman–Crippen MR) is 57.0 cm³/mol. The second kappa shape index (κ2) is 3.95. The van der Waals surface area contributed by atoms with Crippen molar-refractivity contribution in [2.24, 2.45) is 0 Å². The maximum Gasteiger partial charge on any atom is 0.461 e. The molecule has 0 amide bonds. The van der Waals surface area contributed by atoms with Gasteiger partial charge in [0.1, 0.15) is 0 Å². The Kier molecular flexibility index (Phi) is 3.27. The van der Waals surface area contributed by atoms with E-state index in [-0.39, 0.29) is 18.3 Å². The van der Waals surface area contributed by atoms with E-state index in [1.807, 2.05) is 33.8 Å². The van der Waals surface area contributed by atoms with Gasteiger partial charge in [0.05, 0.1) is 24.6 Å². The van der Waals surface area contributed by atoms with E-state index in [1.165, 1.54) is 0 Å². The van der Waals surface area contributed by atoms with E-state index in [9.17, 15) is 0 Å². The van der Waals surface area contributed by atoms with Gasteiger partial charge in [-0.05, 0) is 27.7 Å². The Bertz CT molecular complexity index is 207. The Balaban J connectivity index is 2.51. The van der Waals surface area contributed by atoms with Crippen LogP contribution in [0.15, 0.2) is 12.3 Å². The first-order valence-corrected chi connectivity index (χ1v) is 4.92. The third-order valence-electron chi connectivity index (χ3n) is 2.86. The Hall–Kier alpha value is -0.475. The lowest BCUT2D eigenvalue weighted by atomic mass is 9.85. The Morgan fingerprint density at radius 3 is 2.07 bits per heavy atom. The van der Waals surface area contributed by atoms with Gasteiger partial charge < -0.3 is 14.0 Å². The van der Waals surface area contributed by atoms with E-state index in [0.717, 1.165) is 6.32 Å². The van der Waals surface area contributed by atoms with Gasteiger partial charge in [-0.25, -0.2) is 0 Å². The number of ether oxygens (including phenoxy) is 1. The molecule has 0 aliphatic carbocycles. The maximum absolute atomic E-state index is 5.78. The lowest BCUT2D eigenvalue weighted by Crippen LogP contribution is -2.41. The number of hydrogen-bond donors (Lipinski definition) is 0. The van der Waals surface area contributed by atoms with Crippen LogP contribution in [0.5, 0.6) is 0 Å². The summed E-state index contributed by atoms with van der Waals surface area (Å²) in [6.07, 6.45) is 4.27. The average Bonchev–Trinajstić information content (AvgIpc) is 2.21. The molecule has 0 aromatic carbocycles. The molecule has 80 valence electrons. The van der Waals surface area contributed by atoms with E-state index < -0.39 is 0 Å². The van der Waals surface area contributed by atoms with Crippen LogP contribution in [-0.2, 0) is 14.0 Å². The van der Waals surface area contributed by atoms with E-state index in [2.05, 4.69) is 0 Å². The van der Waals surface area contributed by atoms with Crippen molar-refractivity contribution in [3.8, 4) is 0 Å². The summed E-state index contributed by atoms with van der Waals surface area (Å²) < 4.78 is 16.4. The monoisotopic (exact) mass is 198 g/mol. The smallest absolute Gasteiger partial charge is 0.461 e.